The molecule has 6 heavy (non-hydrogen) atoms. The van der Waals surface area contributed by atoms with E-state index < -0.39 is 0 Å². The van der Waals surface area contributed by atoms with Crippen LogP contribution in [-0.2, 0) is 0 Å². The minimum absolute atomic E-state index is 0.0694. The quantitative estimate of drug-likeness (QED) is 0.385. The predicted octanol–water partition coefficient (Wildman–Crippen LogP) is -0.941. The van der Waals surface area contributed by atoms with E-state index in [4.69, 9.17) is 15.5 Å². The molecule has 0 aliphatic heterocycles. The SMILES string of the molecule is OCCN(O)O. The summed E-state index contributed by atoms with van der Waals surface area (Å²) in [6, 6.07) is 0. The summed E-state index contributed by atoms with van der Waals surface area (Å²) in [4.78, 5) is 0. The largest absolute Gasteiger partial charge is 0.395 e. The van der Waals surface area contributed by atoms with Crippen molar-refractivity contribution in [3.63, 3.8) is 0 Å². The van der Waals surface area contributed by atoms with Gasteiger partial charge in [-0.05, 0) is 0 Å². The third kappa shape index (κ3) is 3.84. The Balaban J connectivity index is 2.63. The van der Waals surface area contributed by atoms with E-state index in [2.05, 4.69) is 0 Å². The average molecular weight is 93.1 g/mol. The number of hydrogen-bond acceptors (Lipinski definition) is 4. The van der Waals surface area contributed by atoms with Crippen LogP contribution in [0.1, 0.15) is 0 Å². The van der Waals surface area contributed by atoms with Crippen molar-refractivity contribution >= 4 is 0 Å². The second-order valence-electron chi connectivity index (χ2n) is 0.819. The van der Waals surface area contributed by atoms with Crippen LogP contribution in [-0.4, -0.2) is 33.9 Å². The Morgan fingerprint density at radius 3 is 1.83 bits per heavy atom. The molecule has 0 saturated carbocycles. The highest BCUT2D eigenvalue weighted by atomic mass is 16.8. The highest BCUT2D eigenvalue weighted by Crippen LogP contribution is 1.64. The molecule has 0 aromatic rings. The van der Waals surface area contributed by atoms with Crippen LogP contribution >= 0.6 is 0 Å². The third-order valence-electron chi connectivity index (χ3n) is 0.300. The van der Waals surface area contributed by atoms with E-state index in [-0.39, 0.29) is 18.4 Å². The molecule has 0 heterocycles. The summed E-state index contributed by atoms with van der Waals surface area (Å²) in [5, 5.41) is 23.4. The molecular formula is C2H7NO3. The maximum absolute atomic E-state index is 7.88. The van der Waals surface area contributed by atoms with E-state index >= 15 is 0 Å². The van der Waals surface area contributed by atoms with Crippen molar-refractivity contribution < 1.29 is 15.5 Å². The van der Waals surface area contributed by atoms with Gasteiger partial charge in [-0.2, -0.15) is 0 Å². The van der Waals surface area contributed by atoms with Crippen LogP contribution in [0.2, 0.25) is 0 Å². The molecule has 0 rings (SSSR count). The Morgan fingerprint density at radius 1 is 1.33 bits per heavy atom. The van der Waals surface area contributed by atoms with Gasteiger partial charge in [-0.3, -0.25) is 10.4 Å². The van der Waals surface area contributed by atoms with Crippen molar-refractivity contribution in [3.05, 3.63) is 0 Å². The number of hydroxylamine groups is 2. The molecule has 0 fully saturated rings. The van der Waals surface area contributed by atoms with Gasteiger partial charge in [-0.1, -0.05) is 5.23 Å². The van der Waals surface area contributed by atoms with Crippen molar-refractivity contribution in [3.8, 4) is 0 Å². The lowest BCUT2D eigenvalue weighted by atomic mass is 10.7. The van der Waals surface area contributed by atoms with Gasteiger partial charge >= 0.3 is 0 Å². The molecule has 4 heteroatoms. The normalized spacial score (nSPS) is 10.0. The highest BCUT2D eigenvalue weighted by molar-refractivity contribution is 4.20. The van der Waals surface area contributed by atoms with Crippen LogP contribution in [0.25, 0.3) is 0 Å². The monoisotopic (exact) mass is 93.0 g/mol. The molecule has 0 aliphatic carbocycles. The molecule has 0 amide bonds. The molecule has 0 saturated heterocycles. The van der Waals surface area contributed by atoms with Gasteiger partial charge in [0.25, 0.3) is 0 Å². The van der Waals surface area contributed by atoms with Gasteiger partial charge in [0.05, 0.1) is 13.2 Å². The molecule has 0 aromatic heterocycles. The first kappa shape index (κ1) is 5.84. The first-order valence-electron chi connectivity index (χ1n) is 1.53. The van der Waals surface area contributed by atoms with Gasteiger partial charge in [0.1, 0.15) is 0 Å². The van der Waals surface area contributed by atoms with Crippen LogP contribution in [0.3, 0.4) is 0 Å². The van der Waals surface area contributed by atoms with E-state index in [9.17, 15) is 0 Å². The van der Waals surface area contributed by atoms with Gasteiger partial charge in [0.15, 0.2) is 0 Å². The Bertz CT molecular complexity index is 30.0. The highest BCUT2D eigenvalue weighted by Gasteiger charge is 1.85. The number of aliphatic hydroxyl groups excluding tert-OH is 1. The molecule has 38 valence electrons. The van der Waals surface area contributed by atoms with Crippen LogP contribution in [0.15, 0.2) is 0 Å². The van der Waals surface area contributed by atoms with E-state index in [0.29, 0.717) is 0 Å². The molecule has 3 N–H and O–H groups in total. The van der Waals surface area contributed by atoms with Crippen LogP contribution in [0.4, 0.5) is 0 Å². The lowest BCUT2D eigenvalue weighted by Gasteiger charge is -1.98. The lowest BCUT2D eigenvalue weighted by molar-refractivity contribution is -0.309. The first-order valence-corrected chi connectivity index (χ1v) is 1.53. The molecule has 0 bridgehead atoms. The fraction of sp³-hybridized carbons (Fsp3) is 1.00. The topological polar surface area (TPSA) is 63.9 Å². The van der Waals surface area contributed by atoms with Crippen molar-refractivity contribution in [1.82, 2.24) is 5.23 Å². The zero-order chi connectivity index (χ0) is 4.99. The van der Waals surface area contributed by atoms with Crippen molar-refractivity contribution in [2.75, 3.05) is 13.2 Å². The van der Waals surface area contributed by atoms with E-state index in [1.165, 1.54) is 0 Å². The summed E-state index contributed by atoms with van der Waals surface area (Å²) >= 11 is 0. The van der Waals surface area contributed by atoms with Crippen LogP contribution in [0, 0.1) is 0 Å². The smallest absolute Gasteiger partial charge is 0.0744 e. The maximum atomic E-state index is 7.88. The standard InChI is InChI=1S/C2H7NO3/c4-2-1-3(5)6/h4-6H,1-2H2. The summed E-state index contributed by atoms with van der Waals surface area (Å²) in [5.74, 6) is 0. The lowest BCUT2D eigenvalue weighted by Crippen LogP contribution is -2.17. The Morgan fingerprint density at radius 2 is 1.83 bits per heavy atom. The third-order valence-corrected chi connectivity index (χ3v) is 0.300. The zero-order valence-corrected chi connectivity index (χ0v) is 3.20. The minimum atomic E-state index is -0.243. The molecule has 0 aromatic carbocycles. The first-order chi connectivity index (χ1) is 2.77. The van der Waals surface area contributed by atoms with E-state index in [0.717, 1.165) is 0 Å². The molecule has 0 radical (unpaired) electrons. The summed E-state index contributed by atoms with van der Waals surface area (Å²) in [6.07, 6.45) is 0. The summed E-state index contributed by atoms with van der Waals surface area (Å²) in [7, 11) is 0. The Labute approximate surface area is 35.2 Å². The fourth-order valence-electron chi connectivity index (χ4n) is 0.0894. The number of nitrogens with zero attached hydrogens (tertiary/aromatic N) is 1. The van der Waals surface area contributed by atoms with Crippen LogP contribution < -0.4 is 0 Å². The van der Waals surface area contributed by atoms with Crippen LogP contribution in [0.5, 0.6) is 0 Å². The second-order valence-corrected chi connectivity index (χ2v) is 0.819. The zero-order valence-electron chi connectivity index (χ0n) is 3.20. The van der Waals surface area contributed by atoms with E-state index in [1.54, 1.807) is 0 Å². The molecular weight excluding hydrogens is 86.0 g/mol. The summed E-state index contributed by atoms with van der Waals surface area (Å²) < 4.78 is 0. The van der Waals surface area contributed by atoms with Gasteiger partial charge in [-0.25, -0.2) is 0 Å². The average Bonchev–Trinajstić information content (AvgIpc) is 1.35. The molecule has 4 nitrogen and oxygen atoms in total. The molecule has 0 atom stereocenters. The molecule has 0 unspecified atom stereocenters. The number of hydrogen-bond donors (Lipinski definition) is 3. The summed E-state index contributed by atoms with van der Waals surface area (Å²) in [6.45, 7) is -0.368. The Kier molecular flexibility index (Phi) is 2.97. The van der Waals surface area contributed by atoms with Crippen molar-refractivity contribution in [2.45, 2.75) is 0 Å². The second kappa shape index (κ2) is 3.05. The van der Waals surface area contributed by atoms with Gasteiger partial charge < -0.3 is 5.11 Å². The molecule has 0 aliphatic rings. The van der Waals surface area contributed by atoms with Gasteiger partial charge in [-0.15, -0.1) is 0 Å². The maximum Gasteiger partial charge on any atom is 0.0744 e. The molecule has 0 spiro atoms. The van der Waals surface area contributed by atoms with E-state index in [1.807, 2.05) is 0 Å². The number of aliphatic hydroxyl groups is 1. The Hall–Kier alpha value is -0.160. The summed E-state index contributed by atoms with van der Waals surface area (Å²) in [5.41, 5.74) is 0. The fourth-order valence-corrected chi connectivity index (χ4v) is 0.0894. The van der Waals surface area contributed by atoms with Gasteiger partial charge in [0.2, 0.25) is 0 Å². The number of rotatable bonds is 2. The predicted molar refractivity (Wildman–Crippen MR) is 17.4 cm³/mol. The minimum Gasteiger partial charge on any atom is -0.395 e. The van der Waals surface area contributed by atoms with Gasteiger partial charge in [0, 0.05) is 0 Å². The van der Waals surface area contributed by atoms with Crippen molar-refractivity contribution in [2.24, 2.45) is 0 Å². The van der Waals surface area contributed by atoms with Crippen molar-refractivity contribution in [1.29, 1.82) is 0 Å².